The molecule has 0 radical (unpaired) electrons. The zero-order chi connectivity index (χ0) is 10.1. The Morgan fingerprint density at radius 1 is 1.62 bits per heavy atom. The number of esters is 1. The van der Waals surface area contributed by atoms with Crippen molar-refractivity contribution in [1.82, 2.24) is 5.32 Å². The third-order valence-corrected chi connectivity index (χ3v) is 2.83. The van der Waals surface area contributed by atoms with E-state index in [9.17, 15) is 4.79 Å². The Morgan fingerprint density at radius 3 is 2.85 bits per heavy atom. The van der Waals surface area contributed by atoms with Crippen molar-refractivity contribution in [2.45, 2.75) is 26.3 Å². The van der Waals surface area contributed by atoms with E-state index in [0.29, 0.717) is 12.5 Å². The van der Waals surface area contributed by atoms with E-state index >= 15 is 0 Å². The SMILES string of the molecule is CCNC(C)CSCCC(=O)OC. The second-order valence-electron chi connectivity index (χ2n) is 2.86. The molecule has 1 atom stereocenters. The molecule has 4 heteroatoms. The molecule has 0 bridgehead atoms. The normalized spacial score (nSPS) is 12.5. The molecule has 78 valence electrons. The van der Waals surface area contributed by atoms with E-state index in [1.165, 1.54) is 7.11 Å². The predicted molar refractivity (Wildman–Crippen MR) is 57.1 cm³/mol. The van der Waals surface area contributed by atoms with Gasteiger partial charge in [-0.1, -0.05) is 6.92 Å². The van der Waals surface area contributed by atoms with Crippen molar-refractivity contribution in [3.63, 3.8) is 0 Å². The van der Waals surface area contributed by atoms with Gasteiger partial charge in [0.1, 0.15) is 0 Å². The highest BCUT2D eigenvalue weighted by molar-refractivity contribution is 7.99. The van der Waals surface area contributed by atoms with Crippen LogP contribution >= 0.6 is 11.8 Å². The summed E-state index contributed by atoms with van der Waals surface area (Å²) in [5, 5.41) is 3.31. The Hall–Kier alpha value is -0.220. The van der Waals surface area contributed by atoms with Gasteiger partial charge in [-0.05, 0) is 13.5 Å². The van der Waals surface area contributed by atoms with Crippen LogP contribution in [0.2, 0.25) is 0 Å². The van der Waals surface area contributed by atoms with Crippen LogP contribution < -0.4 is 5.32 Å². The summed E-state index contributed by atoms with van der Waals surface area (Å²) in [6, 6.07) is 0.521. The van der Waals surface area contributed by atoms with Crippen LogP contribution in [-0.2, 0) is 9.53 Å². The minimum Gasteiger partial charge on any atom is -0.469 e. The zero-order valence-electron chi connectivity index (χ0n) is 8.63. The molecular weight excluding hydrogens is 186 g/mol. The van der Waals surface area contributed by atoms with E-state index in [-0.39, 0.29) is 5.97 Å². The predicted octanol–water partition coefficient (Wildman–Crippen LogP) is 1.28. The Balaban J connectivity index is 3.20. The summed E-state index contributed by atoms with van der Waals surface area (Å²) in [6.07, 6.45) is 0.514. The summed E-state index contributed by atoms with van der Waals surface area (Å²) in [4.78, 5) is 10.7. The maximum absolute atomic E-state index is 10.7. The first-order chi connectivity index (χ1) is 6.20. The lowest BCUT2D eigenvalue weighted by atomic mass is 10.4. The fraction of sp³-hybridized carbons (Fsp3) is 0.889. The number of methoxy groups -OCH3 is 1. The van der Waals surface area contributed by atoms with Crippen LogP contribution in [0.5, 0.6) is 0 Å². The van der Waals surface area contributed by atoms with E-state index in [4.69, 9.17) is 0 Å². The summed E-state index contributed by atoms with van der Waals surface area (Å²) in [6.45, 7) is 5.24. The lowest BCUT2D eigenvalue weighted by Gasteiger charge is -2.10. The lowest BCUT2D eigenvalue weighted by molar-refractivity contribution is -0.140. The summed E-state index contributed by atoms with van der Waals surface area (Å²) in [5.74, 6) is 1.77. The van der Waals surface area contributed by atoms with Gasteiger partial charge in [-0.15, -0.1) is 0 Å². The van der Waals surface area contributed by atoms with E-state index in [1.807, 2.05) is 0 Å². The first-order valence-corrected chi connectivity index (χ1v) is 5.74. The Bertz CT molecular complexity index is 142. The average Bonchev–Trinajstić information content (AvgIpc) is 2.12. The van der Waals surface area contributed by atoms with Crippen molar-refractivity contribution in [2.75, 3.05) is 25.2 Å². The van der Waals surface area contributed by atoms with Crippen molar-refractivity contribution in [3.8, 4) is 0 Å². The number of rotatable bonds is 7. The van der Waals surface area contributed by atoms with Crippen molar-refractivity contribution in [1.29, 1.82) is 0 Å². The second-order valence-corrected chi connectivity index (χ2v) is 4.01. The summed E-state index contributed by atoms with van der Waals surface area (Å²) < 4.78 is 4.54. The minimum absolute atomic E-state index is 0.122. The molecule has 1 unspecified atom stereocenters. The molecule has 13 heavy (non-hydrogen) atoms. The van der Waals surface area contributed by atoms with Gasteiger partial charge in [0.2, 0.25) is 0 Å². The number of hydrogen-bond acceptors (Lipinski definition) is 4. The molecular formula is C9H19NO2S. The van der Waals surface area contributed by atoms with Gasteiger partial charge in [0.15, 0.2) is 0 Å². The second kappa shape index (κ2) is 8.38. The van der Waals surface area contributed by atoms with Crippen LogP contribution in [0, 0.1) is 0 Å². The molecule has 0 spiro atoms. The summed E-state index contributed by atoms with van der Waals surface area (Å²) >= 11 is 1.78. The van der Waals surface area contributed by atoms with Gasteiger partial charge in [-0.3, -0.25) is 4.79 Å². The Kier molecular flexibility index (Phi) is 8.24. The molecule has 0 heterocycles. The molecule has 0 saturated heterocycles. The van der Waals surface area contributed by atoms with E-state index in [2.05, 4.69) is 23.9 Å². The smallest absolute Gasteiger partial charge is 0.306 e. The van der Waals surface area contributed by atoms with Gasteiger partial charge in [0, 0.05) is 17.5 Å². The van der Waals surface area contributed by atoms with Crippen molar-refractivity contribution < 1.29 is 9.53 Å². The number of ether oxygens (including phenoxy) is 1. The molecule has 0 aliphatic rings. The highest BCUT2D eigenvalue weighted by Gasteiger charge is 2.02. The van der Waals surface area contributed by atoms with Crippen LogP contribution in [0.3, 0.4) is 0 Å². The van der Waals surface area contributed by atoms with Gasteiger partial charge >= 0.3 is 5.97 Å². The molecule has 0 aromatic rings. The number of thioether (sulfide) groups is 1. The zero-order valence-corrected chi connectivity index (χ0v) is 9.45. The lowest BCUT2D eigenvalue weighted by Crippen LogP contribution is -2.27. The Morgan fingerprint density at radius 2 is 2.31 bits per heavy atom. The third-order valence-electron chi connectivity index (χ3n) is 1.60. The maximum Gasteiger partial charge on any atom is 0.306 e. The molecule has 0 aliphatic carbocycles. The molecule has 0 fully saturated rings. The fourth-order valence-corrected chi connectivity index (χ4v) is 1.87. The number of nitrogens with one attached hydrogen (secondary N) is 1. The highest BCUT2D eigenvalue weighted by Crippen LogP contribution is 2.05. The van der Waals surface area contributed by atoms with Crippen LogP contribution in [0.1, 0.15) is 20.3 Å². The third kappa shape index (κ3) is 8.12. The van der Waals surface area contributed by atoms with Gasteiger partial charge in [-0.2, -0.15) is 11.8 Å². The minimum atomic E-state index is -0.122. The van der Waals surface area contributed by atoms with Crippen molar-refractivity contribution in [3.05, 3.63) is 0 Å². The van der Waals surface area contributed by atoms with Gasteiger partial charge in [0.25, 0.3) is 0 Å². The summed E-state index contributed by atoms with van der Waals surface area (Å²) in [7, 11) is 1.42. The largest absolute Gasteiger partial charge is 0.469 e. The molecule has 1 N–H and O–H groups in total. The average molecular weight is 205 g/mol. The van der Waals surface area contributed by atoms with Crippen LogP contribution in [0.15, 0.2) is 0 Å². The fourth-order valence-electron chi connectivity index (χ4n) is 0.925. The molecule has 0 aliphatic heterocycles. The van der Waals surface area contributed by atoms with Gasteiger partial charge in [-0.25, -0.2) is 0 Å². The highest BCUT2D eigenvalue weighted by atomic mass is 32.2. The molecule has 0 saturated carbocycles. The van der Waals surface area contributed by atoms with Crippen LogP contribution in [0.4, 0.5) is 0 Å². The van der Waals surface area contributed by atoms with E-state index in [0.717, 1.165) is 18.1 Å². The maximum atomic E-state index is 10.7. The van der Waals surface area contributed by atoms with Crippen molar-refractivity contribution >= 4 is 17.7 Å². The summed E-state index contributed by atoms with van der Waals surface area (Å²) in [5.41, 5.74) is 0. The van der Waals surface area contributed by atoms with Gasteiger partial charge < -0.3 is 10.1 Å². The number of carbonyl (C=O) groups excluding carboxylic acids is 1. The first kappa shape index (κ1) is 12.8. The van der Waals surface area contributed by atoms with Crippen molar-refractivity contribution in [2.24, 2.45) is 0 Å². The number of hydrogen-bond donors (Lipinski definition) is 1. The Labute approximate surface area is 84.6 Å². The molecule has 3 nitrogen and oxygen atoms in total. The van der Waals surface area contributed by atoms with Crippen LogP contribution in [-0.4, -0.2) is 37.2 Å². The molecule has 0 aromatic carbocycles. The van der Waals surface area contributed by atoms with E-state index < -0.39 is 0 Å². The molecule has 0 amide bonds. The van der Waals surface area contributed by atoms with Gasteiger partial charge in [0.05, 0.1) is 13.5 Å². The quantitative estimate of drug-likeness (QED) is 0.502. The standard InChI is InChI=1S/C9H19NO2S/c1-4-10-8(2)7-13-6-5-9(11)12-3/h8,10H,4-7H2,1-3H3. The molecule has 0 aromatic heterocycles. The topological polar surface area (TPSA) is 38.3 Å². The number of carbonyl (C=O) groups is 1. The van der Waals surface area contributed by atoms with Crippen LogP contribution in [0.25, 0.3) is 0 Å². The van der Waals surface area contributed by atoms with E-state index in [1.54, 1.807) is 11.8 Å². The first-order valence-electron chi connectivity index (χ1n) is 4.58. The molecule has 0 rings (SSSR count). The monoisotopic (exact) mass is 205 g/mol.